The van der Waals surface area contributed by atoms with Crippen molar-refractivity contribution in [1.82, 2.24) is 10.2 Å². The first-order chi connectivity index (χ1) is 15.2. The minimum Gasteiger partial charge on any atom is -0.370 e. The zero-order valence-electron chi connectivity index (χ0n) is 20.4. The highest BCUT2D eigenvalue weighted by atomic mass is 15.2. The smallest absolute Gasteiger partial charge is 0.102 e. The number of nitrogens with one attached hydrogen (secondary N) is 2. The summed E-state index contributed by atoms with van der Waals surface area (Å²) in [5, 5.41) is 11.6. The Labute approximate surface area is 194 Å². The molecule has 1 saturated heterocycles. The molecule has 2 fully saturated rings. The van der Waals surface area contributed by atoms with Crippen LogP contribution in [0, 0.1) is 22.7 Å². The van der Waals surface area contributed by atoms with Crippen molar-refractivity contribution in [2.24, 2.45) is 23.0 Å². The summed E-state index contributed by atoms with van der Waals surface area (Å²) < 4.78 is 0. The number of fused-ring (bicyclic) bond motifs is 1. The van der Waals surface area contributed by atoms with Gasteiger partial charge in [-0.05, 0) is 55.9 Å². The summed E-state index contributed by atoms with van der Waals surface area (Å²) in [4.78, 5) is 2.39. The van der Waals surface area contributed by atoms with Gasteiger partial charge in [0.25, 0.3) is 0 Å². The maximum Gasteiger partial charge on any atom is 0.102 e. The van der Waals surface area contributed by atoms with Crippen molar-refractivity contribution in [3.8, 4) is 0 Å². The van der Waals surface area contributed by atoms with Crippen molar-refractivity contribution < 1.29 is 0 Å². The molecule has 1 aliphatic heterocycles. The molecular weight excluding hydrogens is 392 g/mol. The lowest BCUT2D eigenvalue weighted by molar-refractivity contribution is 0.341. The lowest BCUT2D eigenvalue weighted by Crippen LogP contribution is -2.40. The fourth-order valence-electron chi connectivity index (χ4n) is 4.91. The molecule has 0 bridgehead atoms. The van der Waals surface area contributed by atoms with Gasteiger partial charge in [0.1, 0.15) is 6.17 Å². The number of rotatable bonds is 9. The van der Waals surface area contributed by atoms with Crippen LogP contribution in [-0.4, -0.2) is 29.9 Å². The molecule has 4 nitrogen and oxygen atoms in total. The summed E-state index contributed by atoms with van der Waals surface area (Å²) in [6.45, 7) is 12.4. The number of likely N-dealkylation sites (tertiary alicyclic amines) is 1. The van der Waals surface area contributed by atoms with Gasteiger partial charge in [-0.15, -0.1) is 0 Å². The molecular formula is C28H40N4. The van der Waals surface area contributed by atoms with Gasteiger partial charge in [-0.1, -0.05) is 63.8 Å². The maximum absolute atomic E-state index is 8.32. The highest BCUT2D eigenvalue weighted by Gasteiger charge is 2.48. The second-order valence-corrected chi connectivity index (χ2v) is 9.74. The van der Waals surface area contributed by atoms with Gasteiger partial charge in [-0.2, -0.15) is 0 Å². The Morgan fingerprint density at radius 1 is 1.38 bits per heavy atom. The molecule has 3 unspecified atom stereocenters. The van der Waals surface area contributed by atoms with Crippen LogP contribution < -0.4 is 11.1 Å². The highest BCUT2D eigenvalue weighted by molar-refractivity contribution is 5.97. The first kappa shape index (κ1) is 24.1. The third-order valence-electron chi connectivity index (χ3n) is 6.94. The van der Waals surface area contributed by atoms with Crippen LogP contribution >= 0.6 is 0 Å². The van der Waals surface area contributed by atoms with E-state index in [9.17, 15) is 0 Å². The van der Waals surface area contributed by atoms with Crippen LogP contribution in [0.2, 0.25) is 0 Å². The molecule has 0 aromatic carbocycles. The van der Waals surface area contributed by atoms with Crippen molar-refractivity contribution in [2.75, 3.05) is 7.05 Å². The maximum atomic E-state index is 8.32. The Kier molecular flexibility index (Phi) is 7.45. The lowest BCUT2D eigenvalue weighted by atomic mass is 9.74. The minimum absolute atomic E-state index is 0.0111. The molecule has 0 radical (unpaired) electrons. The highest BCUT2D eigenvalue weighted by Crippen LogP contribution is 2.52. The fraction of sp³-hybridized carbons (Fsp3) is 0.464. The molecule has 0 spiro atoms. The second kappa shape index (κ2) is 9.91. The Morgan fingerprint density at radius 3 is 2.69 bits per heavy atom. The number of nitrogens with two attached hydrogens (primary N) is 1. The van der Waals surface area contributed by atoms with Gasteiger partial charge in [0, 0.05) is 41.1 Å². The van der Waals surface area contributed by atoms with Crippen LogP contribution in [0.3, 0.4) is 0 Å². The van der Waals surface area contributed by atoms with Crippen molar-refractivity contribution in [3.05, 3.63) is 83.8 Å². The van der Waals surface area contributed by atoms with Gasteiger partial charge in [-0.25, -0.2) is 0 Å². The van der Waals surface area contributed by atoms with Gasteiger partial charge >= 0.3 is 0 Å². The minimum atomic E-state index is -0.476. The average molecular weight is 433 g/mol. The van der Waals surface area contributed by atoms with Gasteiger partial charge < -0.3 is 21.4 Å². The van der Waals surface area contributed by atoms with E-state index in [0.717, 1.165) is 23.6 Å². The quantitative estimate of drug-likeness (QED) is 0.252. The van der Waals surface area contributed by atoms with Gasteiger partial charge in [-0.3, -0.25) is 0 Å². The summed E-state index contributed by atoms with van der Waals surface area (Å²) >= 11 is 0. The number of hydrogen-bond donors (Lipinski definition) is 3. The zero-order chi connectivity index (χ0) is 23.5. The van der Waals surface area contributed by atoms with Gasteiger partial charge in [0.15, 0.2) is 0 Å². The van der Waals surface area contributed by atoms with E-state index in [1.165, 1.54) is 24.1 Å². The van der Waals surface area contributed by atoms with Crippen LogP contribution in [0.5, 0.6) is 0 Å². The molecule has 1 saturated carbocycles. The first-order valence-corrected chi connectivity index (χ1v) is 11.8. The average Bonchev–Trinajstić information content (AvgIpc) is 3.56. The molecule has 4 N–H and O–H groups in total. The van der Waals surface area contributed by atoms with Crippen LogP contribution in [0.25, 0.3) is 0 Å². The topological polar surface area (TPSA) is 65.1 Å². The number of likely N-dealkylation sites (N-methyl/N-ethyl adjacent to an activating group) is 1. The summed E-state index contributed by atoms with van der Waals surface area (Å²) in [6, 6.07) is 0.379. The standard InChI is InChI=1S/C28H40N4/c1-7-9-11-22(10-8-2)31-27(30)23(19(3)29)15-17-26-28(4,5)24-18-21(20-12-13-20)14-16-25(24)32(26)6/h8-11,14-18,20,24-25,27,29,31H,2,7,12-13,30H2,1,3-6H3/b11-9-,22-10+,23-15-,26-17+,29-19?. The van der Waals surface area contributed by atoms with Crippen LogP contribution in [0.4, 0.5) is 0 Å². The predicted octanol–water partition coefficient (Wildman–Crippen LogP) is 5.61. The van der Waals surface area contributed by atoms with Crippen LogP contribution in [0.15, 0.2) is 83.8 Å². The van der Waals surface area contributed by atoms with E-state index in [1.807, 2.05) is 18.2 Å². The Bertz CT molecular complexity index is 921. The van der Waals surface area contributed by atoms with E-state index in [2.05, 4.69) is 75.0 Å². The number of hydrogen-bond acceptors (Lipinski definition) is 4. The van der Waals surface area contributed by atoms with Gasteiger partial charge in [0.2, 0.25) is 0 Å². The molecule has 4 heteroatoms. The summed E-state index contributed by atoms with van der Waals surface area (Å²) in [7, 11) is 2.18. The lowest BCUT2D eigenvalue weighted by Gasteiger charge is -2.28. The largest absolute Gasteiger partial charge is 0.370 e. The summed E-state index contributed by atoms with van der Waals surface area (Å²) in [5.41, 5.74) is 11.4. The molecule has 2 aliphatic carbocycles. The third-order valence-corrected chi connectivity index (χ3v) is 6.94. The Hall–Kier alpha value is -2.59. The normalized spacial score (nSPS) is 27.5. The van der Waals surface area contributed by atoms with Gasteiger partial charge in [0.05, 0.1) is 6.04 Å². The Morgan fingerprint density at radius 2 is 2.09 bits per heavy atom. The summed E-state index contributed by atoms with van der Waals surface area (Å²) in [5.74, 6) is 1.24. The molecule has 3 rings (SSSR count). The second-order valence-electron chi connectivity index (χ2n) is 9.74. The summed E-state index contributed by atoms with van der Waals surface area (Å²) in [6.07, 6.45) is 22.3. The molecule has 0 aromatic rings. The molecule has 1 heterocycles. The third kappa shape index (κ3) is 5.07. The molecule has 0 amide bonds. The predicted molar refractivity (Wildman–Crippen MR) is 137 cm³/mol. The Balaban J connectivity index is 1.87. The zero-order valence-corrected chi connectivity index (χ0v) is 20.4. The monoisotopic (exact) mass is 432 g/mol. The molecule has 3 aliphatic rings. The van der Waals surface area contributed by atoms with E-state index in [0.29, 0.717) is 17.7 Å². The SMILES string of the molecule is C=C/C=C(\C=C/CC)NC(N)/C(=C\C=C1\N(C)C2C=CC(C3CC3)=CC2C1(C)C)C(C)=N. The number of allylic oxidation sites excluding steroid dienone is 9. The van der Waals surface area contributed by atoms with Crippen molar-refractivity contribution in [1.29, 1.82) is 5.41 Å². The van der Waals surface area contributed by atoms with E-state index in [-0.39, 0.29) is 5.41 Å². The van der Waals surface area contributed by atoms with E-state index in [1.54, 1.807) is 13.0 Å². The van der Waals surface area contributed by atoms with Crippen LogP contribution in [-0.2, 0) is 0 Å². The van der Waals surface area contributed by atoms with Crippen molar-refractivity contribution in [3.63, 3.8) is 0 Å². The van der Waals surface area contributed by atoms with Crippen molar-refractivity contribution in [2.45, 2.75) is 59.2 Å². The van der Waals surface area contributed by atoms with Crippen LogP contribution in [0.1, 0.15) is 47.0 Å². The van der Waals surface area contributed by atoms with E-state index < -0.39 is 6.17 Å². The number of nitrogens with zero attached hydrogens (tertiary/aromatic N) is 1. The van der Waals surface area contributed by atoms with E-state index >= 15 is 0 Å². The molecule has 0 aromatic heterocycles. The first-order valence-electron chi connectivity index (χ1n) is 11.8. The fourth-order valence-corrected chi connectivity index (χ4v) is 4.91. The van der Waals surface area contributed by atoms with Crippen molar-refractivity contribution >= 4 is 5.71 Å². The molecule has 172 valence electrons. The van der Waals surface area contributed by atoms with E-state index in [4.69, 9.17) is 11.1 Å². The molecule has 3 atom stereocenters. The molecule has 32 heavy (non-hydrogen) atoms.